The predicted octanol–water partition coefficient (Wildman–Crippen LogP) is -0.420. The highest BCUT2D eigenvalue weighted by Crippen LogP contribution is 2.13. The van der Waals surface area contributed by atoms with Crippen LogP contribution in [-0.2, 0) is 24.0 Å². The molecule has 0 aliphatic carbocycles. The zero-order valence-electron chi connectivity index (χ0n) is 11.2. The lowest BCUT2D eigenvalue weighted by molar-refractivity contribution is -0.880. The Bertz CT molecular complexity index is 515. The number of nitrogens with zero attached hydrogens (tertiary/aromatic N) is 4. The molecule has 0 radical (unpaired) electrons. The third kappa shape index (κ3) is 5.06. The number of carbonyl (C=O) groups excluding carboxylic acids is 4. The minimum absolute atomic E-state index is 0.0943. The van der Waals surface area contributed by atoms with Crippen LogP contribution in [0.3, 0.4) is 0 Å². The molecule has 1 amide bonds. The number of hydrogen-bond donors (Lipinski definition) is 0. The molecule has 10 heteroatoms. The molecule has 112 valence electrons. The van der Waals surface area contributed by atoms with Crippen LogP contribution in [0.25, 0.3) is 0 Å². The topological polar surface area (TPSA) is 126 Å². The van der Waals surface area contributed by atoms with Crippen molar-refractivity contribution in [2.75, 3.05) is 6.54 Å². The highest BCUT2D eigenvalue weighted by Gasteiger charge is 2.41. The number of carbonyl (C=O) groups is 2. The molecule has 1 aliphatic heterocycles. The number of amides is 1. The molecule has 1 rings (SSSR count). The maximum absolute atomic E-state index is 11.5. The molecule has 1 heterocycles. The Morgan fingerprint density at radius 3 is 2.57 bits per heavy atom. The molecule has 2 atom stereocenters. The summed E-state index contributed by atoms with van der Waals surface area (Å²) in [4.78, 5) is 65.4. The number of hydrogen-bond acceptors (Lipinski definition) is 8. The van der Waals surface area contributed by atoms with E-state index in [1.54, 1.807) is 6.92 Å². The van der Waals surface area contributed by atoms with Crippen LogP contribution < -0.4 is 0 Å². The van der Waals surface area contributed by atoms with Crippen molar-refractivity contribution in [3.63, 3.8) is 0 Å². The third-order valence-electron chi connectivity index (χ3n) is 2.76. The van der Waals surface area contributed by atoms with E-state index in [2.05, 4.69) is 14.8 Å². The zero-order valence-corrected chi connectivity index (χ0v) is 11.2. The Labute approximate surface area is 119 Å². The van der Waals surface area contributed by atoms with Gasteiger partial charge in [0.2, 0.25) is 12.2 Å². The number of aliphatic imine (C=N–C) groups is 2. The van der Waals surface area contributed by atoms with Gasteiger partial charge < -0.3 is 0 Å². The normalized spacial score (nSPS) is 17.4. The summed E-state index contributed by atoms with van der Waals surface area (Å²) in [5, 5.41) is 0.505. The van der Waals surface area contributed by atoms with Crippen LogP contribution in [0, 0.1) is 4.91 Å². The van der Waals surface area contributed by atoms with Crippen molar-refractivity contribution in [2.24, 2.45) is 9.98 Å². The first-order valence-electron chi connectivity index (χ1n) is 6.10. The molecule has 0 bridgehead atoms. The van der Waals surface area contributed by atoms with Crippen LogP contribution in [0.5, 0.6) is 0 Å². The van der Waals surface area contributed by atoms with E-state index in [1.807, 2.05) is 0 Å². The van der Waals surface area contributed by atoms with Crippen LogP contribution in [0.1, 0.15) is 26.2 Å². The van der Waals surface area contributed by atoms with Gasteiger partial charge in [0.25, 0.3) is 5.91 Å². The van der Waals surface area contributed by atoms with Gasteiger partial charge in [-0.2, -0.15) is 0 Å². The summed E-state index contributed by atoms with van der Waals surface area (Å²) in [5.74, 6) is -1.63. The molecule has 0 aromatic rings. The lowest BCUT2D eigenvalue weighted by atomic mass is 10.1. The molecule has 0 aromatic heterocycles. The minimum atomic E-state index is -0.928. The highest BCUT2D eigenvalue weighted by atomic mass is 16.8. The fourth-order valence-electron chi connectivity index (χ4n) is 1.80. The van der Waals surface area contributed by atoms with Crippen LogP contribution >= 0.6 is 0 Å². The number of rotatable bonds is 7. The average molecular weight is 297 g/mol. The summed E-state index contributed by atoms with van der Waals surface area (Å²) < 4.78 is 0. The zero-order chi connectivity index (χ0) is 15.8. The number of hydrazine groups is 1. The van der Waals surface area contributed by atoms with E-state index < -0.39 is 30.4 Å². The smallest absolute Gasteiger partial charge is 0.268 e. The third-order valence-corrected chi connectivity index (χ3v) is 2.76. The minimum Gasteiger partial charge on any atom is -0.268 e. The monoisotopic (exact) mass is 297 g/mol. The van der Waals surface area contributed by atoms with E-state index in [0.29, 0.717) is 5.01 Å². The lowest BCUT2D eigenvalue weighted by Gasteiger charge is -2.16. The first kappa shape index (κ1) is 16.4. The maximum atomic E-state index is 11.5. The second-order valence-corrected chi connectivity index (χ2v) is 4.36. The van der Waals surface area contributed by atoms with Gasteiger partial charge in [0.15, 0.2) is 0 Å². The molecular formula is C11H13N4O6+. The summed E-state index contributed by atoms with van der Waals surface area (Å²) >= 11 is 0. The molecule has 0 aromatic carbocycles. The van der Waals surface area contributed by atoms with Crippen LogP contribution in [0.15, 0.2) is 9.98 Å². The Balaban J connectivity index is 2.62. The molecule has 1 fully saturated rings. The molecule has 0 saturated carbocycles. The van der Waals surface area contributed by atoms with Crippen LogP contribution in [0.4, 0.5) is 0 Å². The van der Waals surface area contributed by atoms with Crippen molar-refractivity contribution in [2.45, 2.75) is 38.3 Å². The van der Waals surface area contributed by atoms with Crippen molar-refractivity contribution < 1.29 is 29.0 Å². The van der Waals surface area contributed by atoms with E-state index in [4.69, 9.17) is 0 Å². The van der Waals surface area contributed by atoms with E-state index in [9.17, 15) is 24.1 Å². The second-order valence-electron chi connectivity index (χ2n) is 4.36. The van der Waals surface area contributed by atoms with E-state index in [1.165, 1.54) is 12.2 Å². The standard InChI is InChI=1S/C11H13N4O6/c1-8(12-6-16)4-9(13-7-17)2-3-14-10(18)5-11(19)21-15(14)20/h8-9H,2-5H2,1H3/q+1. The van der Waals surface area contributed by atoms with Crippen LogP contribution in [-0.4, -0.2) is 52.7 Å². The van der Waals surface area contributed by atoms with E-state index in [-0.39, 0.29) is 24.4 Å². The molecular weight excluding hydrogens is 284 g/mol. The van der Waals surface area contributed by atoms with Gasteiger partial charge in [-0.05, 0) is 24.8 Å². The Kier molecular flexibility index (Phi) is 6.06. The van der Waals surface area contributed by atoms with Crippen molar-refractivity contribution >= 4 is 24.0 Å². The summed E-state index contributed by atoms with van der Waals surface area (Å²) in [6.45, 7) is 1.54. The highest BCUT2D eigenvalue weighted by molar-refractivity contribution is 5.94. The maximum Gasteiger partial charge on any atom is 0.398 e. The quantitative estimate of drug-likeness (QED) is 0.357. The van der Waals surface area contributed by atoms with Crippen molar-refractivity contribution in [3.05, 3.63) is 4.91 Å². The van der Waals surface area contributed by atoms with Gasteiger partial charge in [0, 0.05) is 0 Å². The Morgan fingerprint density at radius 2 is 2.00 bits per heavy atom. The molecule has 2 unspecified atom stereocenters. The number of isocyanates is 2. The fourth-order valence-corrected chi connectivity index (χ4v) is 1.80. The Morgan fingerprint density at radius 1 is 1.33 bits per heavy atom. The largest absolute Gasteiger partial charge is 0.398 e. The van der Waals surface area contributed by atoms with Crippen molar-refractivity contribution in [1.82, 2.24) is 5.01 Å². The van der Waals surface area contributed by atoms with Crippen molar-refractivity contribution in [1.29, 1.82) is 0 Å². The Hall–Kier alpha value is -2.70. The predicted molar refractivity (Wildman–Crippen MR) is 64.8 cm³/mol. The summed E-state index contributed by atoms with van der Waals surface area (Å²) in [6, 6.07) is -0.990. The molecule has 0 N–H and O–H groups in total. The first-order chi connectivity index (χ1) is 9.97. The lowest BCUT2D eigenvalue weighted by Crippen LogP contribution is -2.47. The van der Waals surface area contributed by atoms with E-state index in [0.717, 1.165) is 0 Å². The molecule has 21 heavy (non-hydrogen) atoms. The van der Waals surface area contributed by atoms with Gasteiger partial charge in [-0.25, -0.2) is 24.4 Å². The van der Waals surface area contributed by atoms with Gasteiger partial charge in [0.05, 0.1) is 18.6 Å². The first-order valence-corrected chi connectivity index (χ1v) is 6.10. The average Bonchev–Trinajstić information content (AvgIpc) is 2.37. The van der Waals surface area contributed by atoms with Gasteiger partial charge in [-0.3, -0.25) is 4.79 Å². The van der Waals surface area contributed by atoms with Gasteiger partial charge in [0.1, 0.15) is 11.3 Å². The SMILES string of the molecule is CC(CC(CCN1C(=O)CC(=O)O[N+]1=O)N=C=O)N=C=O. The summed E-state index contributed by atoms with van der Waals surface area (Å²) in [5.41, 5.74) is 0. The summed E-state index contributed by atoms with van der Waals surface area (Å²) in [7, 11) is 0. The fraction of sp³-hybridized carbons (Fsp3) is 0.636. The van der Waals surface area contributed by atoms with Gasteiger partial charge in [-0.15, -0.1) is 4.84 Å². The van der Waals surface area contributed by atoms with E-state index >= 15 is 0 Å². The second kappa shape index (κ2) is 7.78. The molecule has 1 saturated heterocycles. The van der Waals surface area contributed by atoms with Crippen molar-refractivity contribution in [3.8, 4) is 0 Å². The van der Waals surface area contributed by atoms with Crippen LogP contribution in [0.2, 0.25) is 0 Å². The molecule has 0 spiro atoms. The summed E-state index contributed by atoms with van der Waals surface area (Å²) in [6.07, 6.45) is 2.66. The van der Waals surface area contributed by atoms with Gasteiger partial charge in [-0.1, -0.05) is 0 Å². The molecule has 10 nitrogen and oxygen atoms in total. The van der Waals surface area contributed by atoms with Gasteiger partial charge >= 0.3 is 11.0 Å². The molecule has 1 aliphatic rings.